The van der Waals surface area contributed by atoms with Crippen molar-refractivity contribution in [1.82, 2.24) is 9.62 Å². The van der Waals surface area contributed by atoms with Crippen molar-refractivity contribution in [2.45, 2.75) is 43.9 Å². The van der Waals surface area contributed by atoms with E-state index in [0.29, 0.717) is 44.0 Å². The van der Waals surface area contributed by atoms with E-state index in [2.05, 4.69) is 32.2 Å². The van der Waals surface area contributed by atoms with Crippen LogP contribution in [0.5, 0.6) is 5.75 Å². The van der Waals surface area contributed by atoms with Crippen LogP contribution >= 0.6 is 0 Å². The molecule has 7 heteroatoms. The summed E-state index contributed by atoms with van der Waals surface area (Å²) in [6.07, 6.45) is 1.04. The Balaban J connectivity index is 1.45. The van der Waals surface area contributed by atoms with Gasteiger partial charge in [-0.3, -0.25) is 4.79 Å². The summed E-state index contributed by atoms with van der Waals surface area (Å²) in [4.78, 5) is 12.8. The number of amides is 1. The highest BCUT2D eigenvalue weighted by molar-refractivity contribution is 7.89. The first-order valence-corrected chi connectivity index (χ1v) is 12.2. The average molecular weight is 445 g/mol. The summed E-state index contributed by atoms with van der Waals surface area (Å²) >= 11 is 0. The van der Waals surface area contributed by atoms with Crippen molar-refractivity contribution in [3.05, 3.63) is 60.2 Å². The average Bonchev–Trinajstić information content (AvgIpc) is 2.77. The molecule has 1 saturated heterocycles. The Morgan fingerprint density at radius 3 is 2.29 bits per heavy atom. The number of carbonyl (C=O) groups excluding carboxylic acids is 1. The van der Waals surface area contributed by atoms with Crippen molar-refractivity contribution in [2.24, 2.45) is 5.92 Å². The minimum atomic E-state index is -3.50. The zero-order valence-corrected chi connectivity index (χ0v) is 19.3. The van der Waals surface area contributed by atoms with Crippen LogP contribution in [-0.4, -0.2) is 44.9 Å². The third-order valence-electron chi connectivity index (χ3n) is 5.56. The van der Waals surface area contributed by atoms with Gasteiger partial charge in [-0.15, -0.1) is 0 Å². The van der Waals surface area contributed by atoms with Crippen molar-refractivity contribution < 1.29 is 17.9 Å². The molecule has 6 nitrogen and oxygen atoms in total. The van der Waals surface area contributed by atoms with Crippen LogP contribution in [-0.2, 0) is 20.2 Å². The number of sulfonamides is 1. The van der Waals surface area contributed by atoms with Crippen LogP contribution in [0.25, 0.3) is 0 Å². The number of ether oxygens (including phenoxy) is 1. The molecule has 3 rings (SSSR count). The molecule has 1 heterocycles. The van der Waals surface area contributed by atoms with E-state index in [1.165, 1.54) is 4.31 Å². The molecule has 0 bridgehead atoms. The molecule has 168 valence electrons. The summed E-state index contributed by atoms with van der Waals surface area (Å²) < 4.78 is 32.8. The summed E-state index contributed by atoms with van der Waals surface area (Å²) in [5, 5.41) is 2.93. The Morgan fingerprint density at radius 1 is 1.03 bits per heavy atom. The lowest BCUT2D eigenvalue weighted by Gasteiger charge is -2.30. The first kappa shape index (κ1) is 23.3. The first-order valence-electron chi connectivity index (χ1n) is 10.7. The van der Waals surface area contributed by atoms with Gasteiger partial charge in [-0.2, -0.15) is 4.31 Å². The van der Waals surface area contributed by atoms with Crippen LogP contribution < -0.4 is 10.1 Å². The van der Waals surface area contributed by atoms with Crippen LogP contribution in [0.3, 0.4) is 0 Å². The molecule has 1 aliphatic rings. The van der Waals surface area contributed by atoms with Crippen LogP contribution in [0, 0.1) is 5.92 Å². The summed E-state index contributed by atoms with van der Waals surface area (Å²) in [5.41, 5.74) is 1.11. The summed E-state index contributed by atoms with van der Waals surface area (Å²) in [7, 11) is -3.50. The summed E-state index contributed by atoms with van der Waals surface area (Å²) in [6, 6.07) is 16.4. The maximum Gasteiger partial charge on any atom is 0.243 e. The standard InChI is InChI=1S/C24H32N2O4S/c1-24(2,3)21-11-7-8-12-22(21)30-18-15-25-23(27)19-13-16-26(17-14-19)31(28,29)20-9-5-4-6-10-20/h4-12,19H,13-18H2,1-3H3,(H,25,27). The van der Waals surface area contributed by atoms with Crippen LogP contribution in [0.1, 0.15) is 39.2 Å². The molecule has 0 aliphatic carbocycles. The molecule has 0 atom stereocenters. The Labute approximate surface area is 185 Å². The second-order valence-electron chi connectivity index (χ2n) is 8.88. The number of piperidine rings is 1. The predicted octanol–water partition coefficient (Wildman–Crippen LogP) is 3.58. The Morgan fingerprint density at radius 2 is 1.65 bits per heavy atom. The number of carbonyl (C=O) groups is 1. The molecular weight excluding hydrogens is 412 g/mol. The predicted molar refractivity (Wildman–Crippen MR) is 122 cm³/mol. The minimum absolute atomic E-state index is 0.0199. The third kappa shape index (κ3) is 5.86. The highest BCUT2D eigenvalue weighted by atomic mass is 32.2. The molecule has 0 unspecified atom stereocenters. The van der Waals surface area contributed by atoms with Gasteiger partial charge < -0.3 is 10.1 Å². The number of hydrogen-bond acceptors (Lipinski definition) is 4. The van der Waals surface area contributed by atoms with Gasteiger partial charge in [0.15, 0.2) is 0 Å². The summed E-state index contributed by atoms with van der Waals surface area (Å²) in [6.45, 7) is 7.93. The fourth-order valence-electron chi connectivity index (χ4n) is 3.79. The smallest absolute Gasteiger partial charge is 0.243 e. The molecule has 1 N–H and O–H groups in total. The first-order chi connectivity index (χ1) is 14.7. The molecule has 0 saturated carbocycles. The van der Waals surface area contributed by atoms with Crippen LogP contribution in [0.2, 0.25) is 0 Å². The van der Waals surface area contributed by atoms with E-state index in [-0.39, 0.29) is 17.2 Å². The van der Waals surface area contributed by atoms with Gasteiger partial charge in [0.25, 0.3) is 0 Å². The van der Waals surface area contributed by atoms with E-state index >= 15 is 0 Å². The van der Waals surface area contributed by atoms with Gasteiger partial charge in [0.2, 0.25) is 15.9 Å². The van der Waals surface area contributed by atoms with E-state index in [1.807, 2.05) is 18.2 Å². The lowest BCUT2D eigenvalue weighted by Crippen LogP contribution is -2.43. The van der Waals surface area contributed by atoms with E-state index in [4.69, 9.17) is 4.74 Å². The SMILES string of the molecule is CC(C)(C)c1ccccc1OCCNC(=O)C1CCN(S(=O)(=O)c2ccccc2)CC1. The fraction of sp³-hybridized carbons (Fsp3) is 0.458. The molecule has 0 spiro atoms. The lowest BCUT2D eigenvalue weighted by atomic mass is 9.86. The van der Waals surface area contributed by atoms with Gasteiger partial charge in [0, 0.05) is 19.0 Å². The van der Waals surface area contributed by atoms with Crippen LogP contribution in [0.4, 0.5) is 0 Å². The monoisotopic (exact) mass is 444 g/mol. The van der Waals surface area contributed by atoms with Gasteiger partial charge in [0.1, 0.15) is 12.4 Å². The van der Waals surface area contributed by atoms with Crippen molar-refractivity contribution in [2.75, 3.05) is 26.2 Å². The number of hydrogen-bond donors (Lipinski definition) is 1. The van der Waals surface area contributed by atoms with Gasteiger partial charge in [-0.1, -0.05) is 57.2 Å². The Kier molecular flexibility index (Phi) is 7.38. The van der Waals surface area contributed by atoms with Gasteiger partial charge in [-0.25, -0.2) is 8.42 Å². The number of para-hydroxylation sites is 1. The Bertz CT molecular complexity index is 976. The quantitative estimate of drug-likeness (QED) is 0.663. The second kappa shape index (κ2) is 9.83. The van der Waals surface area contributed by atoms with E-state index in [1.54, 1.807) is 30.3 Å². The van der Waals surface area contributed by atoms with Crippen molar-refractivity contribution in [1.29, 1.82) is 0 Å². The van der Waals surface area contributed by atoms with Crippen molar-refractivity contribution in [3.8, 4) is 5.75 Å². The maximum atomic E-state index is 12.7. The number of rotatable bonds is 7. The highest BCUT2D eigenvalue weighted by Gasteiger charge is 2.31. The molecule has 2 aromatic rings. The highest BCUT2D eigenvalue weighted by Crippen LogP contribution is 2.30. The zero-order chi connectivity index (χ0) is 22.5. The number of benzene rings is 2. The van der Waals surface area contributed by atoms with Crippen molar-refractivity contribution >= 4 is 15.9 Å². The maximum absolute atomic E-state index is 12.7. The molecule has 0 aromatic heterocycles. The molecule has 1 aliphatic heterocycles. The molecular formula is C24H32N2O4S. The molecule has 1 fully saturated rings. The Hall–Kier alpha value is -2.38. The summed E-state index contributed by atoms with van der Waals surface area (Å²) in [5.74, 6) is 0.622. The van der Waals surface area contributed by atoms with Gasteiger partial charge in [-0.05, 0) is 42.0 Å². The zero-order valence-electron chi connectivity index (χ0n) is 18.5. The molecule has 31 heavy (non-hydrogen) atoms. The number of nitrogens with zero attached hydrogens (tertiary/aromatic N) is 1. The van der Waals surface area contributed by atoms with E-state index in [9.17, 15) is 13.2 Å². The van der Waals surface area contributed by atoms with Crippen molar-refractivity contribution in [3.63, 3.8) is 0 Å². The van der Waals surface area contributed by atoms with Crippen LogP contribution in [0.15, 0.2) is 59.5 Å². The van der Waals surface area contributed by atoms with Gasteiger partial charge in [0.05, 0.1) is 11.4 Å². The fourth-order valence-corrected chi connectivity index (χ4v) is 5.28. The normalized spacial score (nSPS) is 16.1. The van der Waals surface area contributed by atoms with Gasteiger partial charge >= 0.3 is 0 Å². The number of nitrogens with one attached hydrogen (secondary N) is 1. The topological polar surface area (TPSA) is 75.7 Å². The molecule has 2 aromatic carbocycles. The molecule has 0 radical (unpaired) electrons. The molecule has 1 amide bonds. The lowest BCUT2D eigenvalue weighted by molar-refractivity contribution is -0.126. The third-order valence-corrected chi connectivity index (χ3v) is 7.47. The van der Waals surface area contributed by atoms with E-state index < -0.39 is 10.0 Å². The minimum Gasteiger partial charge on any atom is -0.491 e. The van der Waals surface area contributed by atoms with E-state index in [0.717, 1.165) is 11.3 Å². The second-order valence-corrected chi connectivity index (χ2v) is 10.8. The largest absolute Gasteiger partial charge is 0.491 e.